The minimum Gasteiger partial charge on any atom is -0.496 e. The van der Waals surface area contributed by atoms with Gasteiger partial charge >= 0.3 is 5.97 Å². The van der Waals surface area contributed by atoms with Crippen LogP contribution in [0.2, 0.25) is 0 Å². The number of methoxy groups -OCH3 is 2. The zero-order valence-corrected chi connectivity index (χ0v) is 11.2. The van der Waals surface area contributed by atoms with Crippen LogP contribution < -0.4 is 4.74 Å². The van der Waals surface area contributed by atoms with Crippen LogP contribution in [0.4, 0.5) is 0 Å². The fourth-order valence-corrected chi connectivity index (χ4v) is 2.18. The van der Waals surface area contributed by atoms with Crippen LogP contribution in [0.3, 0.4) is 0 Å². The van der Waals surface area contributed by atoms with Crippen LogP contribution >= 0.6 is 0 Å². The molecule has 0 aliphatic carbocycles. The number of hydrogen-bond donors (Lipinski definition) is 0. The molecular formula is C14H20O3. The first-order valence-electron chi connectivity index (χ1n) is 5.78. The zero-order chi connectivity index (χ0) is 13.0. The summed E-state index contributed by atoms with van der Waals surface area (Å²) in [5.41, 5.74) is 3.09. The SMILES string of the molecule is CCC(C(=O)OC)c1cc(C)cc(C)c1OC. The van der Waals surface area contributed by atoms with Gasteiger partial charge in [0, 0.05) is 5.56 Å². The third-order valence-electron chi connectivity index (χ3n) is 2.92. The zero-order valence-electron chi connectivity index (χ0n) is 11.2. The van der Waals surface area contributed by atoms with E-state index in [1.807, 2.05) is 32.9 Å². The Morgan fingerprint density at radius 1 is 1.29 bits per heavy atom. The first kappa shape index (κ1) is 13.6. The molecule has 1 unspecified atom stereocenters. The summed E-state index contributed by atoms with van der Waals surface area (Å²) < 4.78 is 10.2. The third-order valence-corrected chi connectivity index (χ3v) is 2.92. The second-order valence-corrected chi connectivity index (χ2v) is 4.19. The molecule has 0 spiro atoms. The first-order valence-corrected chi connectivity index (χ1v) is 5.78. The van der Waals surface area contributed by atoms with Gasteiger partial charge in [0.25, 0.3) is 0 Å². The number of benzene rings is 1. The predicted molar refractivity (Wildman–Crippen MR) is 67.5 cm³/mol. The number of aryl methyl sites for hydroxylation is 2. The van der Waals surface area contributed by atoms with E-state index >= 15 is 0 Å². The monoisotopic (exact) mass is 236 g/mol. The van der Waals surface area contributed by atoms with Crippen LogP contribution in [0.15, 0.2) is 12.1 Å². The van der Waals surface area contributed by atoms with Crippen molar-refractivity contribution in [3.8, 4) is 5.75 Å². The van der Waals surface area contributed by atoms with E-state index in [2.05, 4.69) is 0 Å². The van der Waals surface area contributed by atoms with Gasteiger partial charge in [-0.1, -0.05) is 24.6 Å². The Morgan fingerprint density at radius 3 is 2.41 bits per heavy atom. The normalized spacial score (nSPS) is 12.1. The number of ether oxygens (including phenoxy) is 2. The maximum Gasteiger partial charge on any atom is 0.313 e. The van der Waals surface area contributed by atoms with Crippen molar-refractivity contribution in [1.82, 2.24) is 0 Å². The summed E-state index contributed by atoms with van der Waals surface area (Å²) in [7, 11) is 3.05. The Kier molecular flexibility index (Phi) is 4.55. The van der Waals surface area contributed by atoms with E-state index in [-0.39, 0.29) is 11.9 Å². The van der Waals surface area contributed by atoms with E-state index in [1.54, 1.807) is 7.11 Å². The van der Waals surface area contributed by atoms with Gasteiger partial charge in [-0.05, 0) is 25.8 Å². The molecule has 0 saturated heterocycles. The highest BCUT2D eigenvalue weighted by molar-refractivity contribution is 5.79. The van der Waals surface area contributed by atoms with Gasteiger partial charge in [-0.2, -0.15) is 0 Å². The molecule has 0 N–H and O–H groups in total. The van der Waals surface area contributed by atoms with Crippen LogP contribution in [0, 0.1) is 13.8 Å². The molecule has 0 saturated carbocycles. The molecule has 0 aliphatic heterocycles. The molecule has 3 heteroatoms. The lowest BCUT2D eigenvalue weighted by atomic mass is 9.92. The van der Waals surface area contributed by atoms with Gasteiger partial charge in [0.1, 0.15) is 5.75 Å². The van der Waals surface area contributed by atoms with Gasteiger partial charge in [0.05, 0.1) is 20.1 Å². The van der Waals surface area contributed by atoms with Crippen molar-refractivity contribution in [2.24, 2.45) is 0 Å². The summed E-state index contributed by atoms with van der Waals surface area (Å²) in [4.78, 5) is 11.8. The Morgan fingerprint density at radius 2 is 1.94 bits per heavy atom. The summed E-state index contributed by atoms with van der Waals surface area (Å²) in [5, 5.41) is 0. The van der Waals surface area contributed by atoms with Crippen LogP contribution in [0.5, 0.6) is 5.75 Å². The van der Waals surface area contributed by atoms with Crippen molar-refractivity contribution >= 4 is 5.97 Å². The Bertz CT molecular complexity index is 410. The summed E-state index contributed by atoms with van der Waals surface area (Å²) in [6, 6.07) is 4.04. The fourth-order valence-electron chi connectivity index (χ4n) is 2.18. The molecule has 1 aromatic carbocycles. The second kappa shape index (κ2) is 5.71. The summed E-state index contributed by atoms with van der Waals surface area (Å²) in [6.07, 6.45) is 0.700. The lowest BCUT2D eigenvalue weighted by Crippen LogP contribution is -2.15. The molecule has 0 aliphatic rings. The van der Waals surface area contributed by atoms with E-state index in [1.165, 1.54) is 7.11 Å². The fraction of sp³-hybridized carbons (Fsp3) is 0.500. The predicted octanol–water partition coefficient (Wildman–Crippen LogP) is 2.98. The van der Waals surface area contributed by atoms with E-state index in [0.29, 0.717) is 6.42 Å². The van der Waals surface area contributed by atoms with E-state index < -0.39 is 0 Å². The van der Waals surface area contributed by atoms with Gasteiger partial charge < -0.3 is 9.47 Å². The molecule has 0 radical (unpaired) electrons. The first-order chi connectivity index (χ1) is 8.04. The van der Waals surface area contributed by atoms with Gasteiger partial charge in [0.15, 0.2) is 0 Å². The van der Waals surface area contributed by atoms with Crippen LogP contribution in [0.1, 0.15) is 36.0 Å². The van der Waals surface area contributed by atoms with Crippen LogP contribution in [-0.4, -0.2) is 20.2 Å². The molecular weight excluding hydrogens is 216 g/mol. The van der Waals surface area contributed by atoms with Crippen LogP contribution in [0.25, 0.3) is 0 Å². The Balaban J connectivity index is 3.31. The lowest BCUT2D eigenvalue weighted by Gasteiger charge is -2.18. The van der Waals surface area contributed by atoms with Crippen molar-refractivity contribution in [2.75, 3.05) is 14.2 Å². The van der Waals surface area contributed by atoms with Crippen molar-refractivity contribution in [3.63, 3.8) is 0 Å². The molecule has 94 valence electrons. The Labute approximate surface area is 103 Å². The standard InChI is InChI=1S/C14H20O3/c1-6-11(14(15)17-5)12-8-9(2)7-10(3)13(12)16-4/h7-8,11H,6H2,1-5H3. The lowest BCUT2D eigenvalue weighted by molar-refractivity contribution is -0.142. The van der Waals surface area contributed by atoms with E-state index in [9.17, 15) is 4.79 Å². The molecule has 0 fully saturated rings. The van der Waals surface area contributed by atoms with E-state index in [4.69, 9.17) is 9.47 Å². The summed E-state index contributed by atoms with van der Waals surface area (Å²) >= 11 is 0. The molecule has 0 heterocycles. The molecule has 3 nitrogen and oxygen atoms in total. The van der Waals surface area contributed by atoms with Crippen molar-refractivity contribution in [3.05, 3.63) is 28.8 Å². The van der Waals surface area contributed by atoms with E-state index in [0.717, 1.165) is 22.4 Å². The molecule has 0 aromatic heterocycles. The molecule has 1 rings (SSSR count). The molecule has 0 amide bonds. The number of hydrogen-bond acceptors (Lipinski definition) is 3. The van der Waals surface area contributed by atoms with Gasteiger partial charge in [-0.3, -0.25) is 4.79 Å². The molecule has 1 atom stereocenters. The summed E-state index contributed by atoms with van der Waals surface area (Å²) in [5.74, 6) is 0.317. The van der Waals surface area contributed by atoms with Crippen molar-refractivity contribution in [1.29, 1.82) is 0 Å². The number of carbonyl (C=O) groups excluding carboxylic acids is 1. The minimum absolute atomic E-state index is 0.212. The van der Waals surface area contributed by atoms with Gasteiger partial charge in [-0.25, -0.2) is 0 Å². The number of carbonyl (C=O) groups is 1. The smallest absolute Gasteiger partial charge is 0.313 e. The van der Waals surface area contributed by atoms with Gasteiger partial charge in [-0.15, -0.1) is 0 Å². The maximum atomic E-state index is 11.8. The average Bonchev–Trinajstić information content (AvgIpc) is 2.29. The maximum absolute atomic E-state index is 11.8. The summed E-state index contributed by atoms with van der Waals surface area (Å²) in [6.45, 7) is 5.97. The highest BCUT2D eigenvalue weighted by atomic mass is 16.5. The number of rotatable bonds is 4. The highest BCUT2D eigenvalue weighted by Crippen LogP contribution is 2.33. The highest BCUT2D eigenvalue weighted by Gasteiger charge is 2.24. The quantitative estimate of drug-likeness (QED) is 0.754. The second-order valence-electron chi connectivity index (χ2n) is 4.19. The molecule has 0 bridgehead atoms. The Hall–Kier alpha value is -1.51. The largest absolute Gasteiger partial charge is 0.496 e. The number of esters is 1. The molecule has 1 aromatic rings. The molecule has 17 heavy (non-hydrogen) atoms. The minimum atomic E-state index is -0.256. The third kappa shape index (κ3) is 2.78. The topological polar surface area (TPSA) is 35.5 Å². The van der Waals surface area contributed by atoms with Crippen molar-refractivity contribution in [2.45, 2.75) is 33.1 Å². The van der Waals surface area contributed by atoms with Gasteiger partial charge in [0.2, 0.25) is 0 Å². The average molecular weight is 236 g/mol. The van der Waals surface area contributed by atoms with Crippen LogP contribution in [-0.2, 0) is 9.53 Å². The van der Waals surface area contributed by atoms with Crippen molar-refractivity contribution < 1.29 is 14.3 Å².